The molecule has 0 spiro atoms. The van der Waals surface area contributed by atoms with Crippen LogP contribution in [0.4, 0.5) is 4.79 Å². The lowest BCUT2D eigenvalue weighted by Crippen LogP contribution is -2.47. The average molecular weight is 299 g/mol. The molecule has 1 aromatic heterocycles. The molecular formula is C17H21N3O2. The molecule has 2 aromatic rings. The molecule has 1 aliphatic heterocycles. The maximum absolute atomic E-state index is 12.4. The third kappa shape index (κ3) is 2.54. The molecule has 0 radical (unpaired) electrons. The van der Waals surface area contributed by atoms with E-state index in [0.29, 0.717) is 13.1 Å². The number of aromatic nitrogens is 1. The fourth-order valence-electron chi connectivity index (χ4n) is 3.02. The van der Waals surface area contributed by atoms with Gasteiger partial charge in [0.2, 0.25) is 0 Å². The van der Waals surface area contributed by atoms with E-state index in [0.717, 1.165) is 23.6 Å². The van der Waals surface area contributed by atoms with E-state index in [1.165, 1.54) is 0 Å². The minimum absolute atomic E-state index is 0.0252. The smallest absolute Gasteiger partial charge is 0.318 e. The van der Waals surface area contributed by atoms with Crippen molar-refractivity contribution in [3.8, 4) is 5.75 Å². The summed E-state index contributed by atoms with van der Waals surface area (Å²) in [5.41, 5.74) is 2.19. The van der Waals surface area contributed by atoms with Crippen LogP contribution in [-0.4, -0.2) is 35.7 Å². The number of carbonyl (C=O) groups is 1. The zero-order chi connectivity index (χ0) is 15.5. The average Bonchev–Trinajstić information content (AvgIpc) is 3.02. The molecule has 22 heavy (non-hydrogen) atoms. The van der Waals surface area contributed by atoms with E-state index in [9.17, 15) is 4.79 Å². The largest absolute Gasteiger partial charge is 0.497 e. The molecule has 1 unspecified atom stereocenters. The van der Waals surface area contributed by atoms with Crippen LogP contribution in [0.25, 0.3) is 0 Å². The Morgan fingerprint density at radius 3 is 2.95 bits per heavy atom. The van der Waals surface area contributed by atoms with Crippen LogP contribution in [0.1, 0.15) is 24.2 Å². The second-order valence-electron chi connectivity index (χ2n) is 5.33. The van der Waals surface area contributed by atoms with Crippen molar-refractivity contribution in [1.29, 1.82) is 0 Å². The highest BCUT2D eigenvalue weighted by molar-refractivity contribution is 5.75. The van der Waals surface area contributed by atoms with Gasteiger partial charge < -0.3 is 19.5 Å². The van der Waals surface area contributed by atoms with Gasteiger partial charge in [-0.05, 0) is 36.8 Å². The van der Waals surface area contributed by atoms with Crippen LogP contribution in [0.2, 0.25) is 0 Å². The minimum Gasteiger partial charge on any atom is -0.497 e. The van der Waals surface area contributed by atoms with E-state index in [1.54, 1.807) is 7.11 Å². The summed E-state index contributed by atoms with van der Waals surface area (Å²) in [6.45, 7) is 4.07. The van der Waals surface area contributed by atoms with Crippen LogP contribution >= 0.6 is 0 Å². The Bertz CT molecular complexity index is 665. The highest BCUT2D eigenvalue weighted by Crippen LogP contribution is 2.33. The first-order chi connectivity index (χ1) is 10.7. The number of fused-ring (bicyclic) bond motifs is 1. The summed E-state index contributed by atoms with van der Waals surface area (Å²) in [5.74, 6) is 0.803. The zero-order valence-corrected chi connectivity index (χ0v) is 13.0. The van der Waals surface area contributed by atoms with Crippen molar-refractivity contribution in [2.24, 2.45) is 0 Å². The topological polar surface area (TPSA) is 46.5 Å². The number of rotatable bonds is 3. The van der Waals surface area contributed by atoms with Crippen LogP contribution in [0.3, 0.4) is 0 Å². The Labute approximate surface area is 130 Å². The Kier molecular flexibility index (Phi) is 4.04. The molecule has 2 heterocycles. The summed E-state index contributed by atoms with van der Waals surface area (Å²) < 4.78 is 7.54. The van der Waals surface area contributed by atoms with Crippen molar-refractivity contribution < 1.29 is 9.53 Å². The van der Waals surface area contributed by atoms with Crippen LogP contribution in [0.15, 0.2) is 42.6 Å². The van der Waals surface area contributed by atoms with Gasteiger partial charge in [0.25, 0.3) is 0 Å². The summed E-state index contributed by atoms with van der Waals surface area (Å²) in [6, 6.07) is 11.9. The lowest BCUT2D eigenvalue weighted by atomic mass is 10.00. The number of carbonyl (C=O) groups excluding carboxylic acids is 1. The molecule has 1 aliphatic rings. The number of methoxy groups -OCH3 is 1. The van der Waals surface area contributed by atoms with Crippen LogP contribution in [-0.2, 0) is 6.54 Å². The summed E-state index contributed by atoms with van der Waals surface area (Å²) in [6.07, 6.45) is 2.07. The van der Waals surface area contributed by atoms with Gasteiger partial charge in [0, 0.05) is 31.5 Å². The predicted octanol–water partition coefficient (Wildman–Crippen LogP) is 2.63. The molecule has 0 fully saturated rings. The number of hydrogen-bond acceptors (Lipinski definition) is 2. The second kappa shape index (κ2) is 6.13. The molecular weight excluding hydrogens is 278 g/mol. The summed E-state index contributed by atoms with van der Waals surface area (Å²) in [7, 11) is 1.66. The van der Waals surface area contributed by atoms with Gasteiger partial charge in [0.05, 0.1) is 13.2 Å². The summed E-state index contributed by atoms with van der Waals surface area (Å²) in [4.78, 5) is 14.3. The first kappa shape index (κ1) is 14.5. The second-order valence-corrected chi connectivity index (χ2v) is 5.33. The monoisotopic (exact) mass is 299 g/mol. The van der Waals surface area contributed by atoms with Crippen molar-refractivity contribution in [2.75, 3.05) is 20.2 Å². The Balaban J connectivity index is 2.03. The Hall–Kier alpha value is -2.43. The van der Waals surface area contributed by atoms with Crippen LogP contribution < -0.4 is 10.1 Å². The summed E-state index contributed by atoms with van der Waals surface area (Å²) >= 11 is 0. The third-order valence-corrected chi connectivity index (χ3v) is 4.04. The molecule has 116 valence electrons. The van der Waals surface area contributed by atoms with E-state index < -0.39 is 0 Å². The zero-order valence-electron chi connectivity index (χ0n) is 13.0. The van der Waals surface area contributed by atoms with Gasteiger partial charge in [-0.25, -0.2) is 4.79 Å². The molecule has 0 saturated heterocycles. The maximum Gasteiger partial charge on any atom is 0.318 e. The van der Waals surface area contributed by atoms with Crippen molar-refractivity contribution in [2.45, 2.75) is 19.5 Å². The van der Waals surface area contributed by atoms with Crippen molar-refractivity contribution >= 4 is 6.03 Å². The number of hydrogen-bond donors (Lipinski definition) is 1. The molecule has 2 amide bonds. The van der Waals surface area contributed by atoms with Gasteiger partial charge in [-0.1, -0.05) is 12.1 Å². The number of ether oxygens (including phenoxy) is 1. The van der Waals surface area contributed by atoms with E-state index in [1.807, 2.05) is 42.2 Å². The van der Waals surface area contributed by atoms with E-state index in [-0.39, 0.29) is 12.1 Å². The molecule has 0 aliphatic carbocycles. The molecule has 3 rings (SSSR count). The summed E-state index contributed by atoms with van der Waals surface area (Å²) in [5, 5.41) is 2.91. The van der Waals surface area contributed by atoms with Crippen LogP contribution in [0.5, 0.6) is 5.75 Å². The van der Waals surface area contributed by atoms with E-state index in [4.69, 9.17) is 4.74 Å². The molecule has 5 heteroatoms. The van der Waals surface area contributed by atoms with Crippen molar-refractivity contribution in [3.63, 3.8) is 0 Å². The molecule has 5 nitrogen and oxygen atoms in total. The van der Waals surface area contributed by atoms with Crippen LogP contribution in [0, 0.1) is 0 Å². The van der Waals surface area contributed by atoms with Gasteiger partial charge in [0.1, 0.15) is 5.75 Å². The number of urea groups is 1. The minimum atomic E-state index is -0.0922. The predicted molar refractivity (Wildman–Crippen MR) is 85.0 cm³/mol. The highest BCUT2D eigenvalue weighted by atomic mass is 16.5. The molecule has 1 N–H and O–H groups in total. The number of amides is 2. The third-order valence-electron chi connectivity index (χ3n) is 4.04. The van der Waals surface area contributed by atoms with Gasteiger partial charge in [-0.15, -0.1) is 0 Å². The van der Waals surface area contributed by atoms with Crippen molar-refractivity contribution in [1.82, 2.24) is 14.8 Å². The van der Waals surface area contributed by atoms with Gasteiger partial charge >= 0.3 is 6.03 Å². The molecule has 1 aromatic carbocycles. The maximum atomic E-state index is 12.4. The highest BCUT2D eigenvalue weighted by Gasteiger charge is 2.32. The first-order valence-electron chi connectivity index (χ1n) is 7.58. The molecule has 0 saturated carbocycles. The lowest BCUT2D eigenvalue weighted by molar-refractivity contribution is 0.169. The Morgan fingerprint density at radius 1 is 1.32 bits per heavy atom. The quantitative estimate of drug-likeness (QED) is 0.947. The van der Waals surface area contributed by atoms with E-state index >= 15 is 0 Å². The van der Waals surface area contributed by atoms with Gasteiger partial charge in [0.15, 0.2) is 0 Å². The van der Waals surface area contributed by atoms with Gasteiger partial charge in [-0.3, -0.25) is 0 Å². The van der Waals surface area contributed by atoms with E-state index in [2.05, 4.69) is 22.1 Å². The molecule has 0 bridgehead atoms. The number of nitrogens with zero attached hydrogens (tertiary/aromatic N) is 2. The number of benzene rings is 1. The fraction of sp³-hybridized carbons (Fsp3) is 0.353. The SMILES string of the molecule is CCNC(=O)N1CCn2cccc2C1c1cccc(OC)c1. The van der Waals surface area contributed by atoms with Gasteiger partial charge in [-0.2, -0.15) is 0 Å². The Morgan fingerprint density at radius 2 is 2.18 bits per heavy atom. The standard InChI is InChI=1S/C17H21N3O2/c1-3-18-17(21)20-11-10-19-9-5-8-15(19)16(20)13-6-4-7-14(12-13)22-2/h4-9,12,16H,3,10-11H2,1-2H3,(H,18,21). The first-order valence-corrected chi connectivity index (χ1v) is 7.58. The normalized spacial score (nSPS) is 17.0. The molecule has 1 atom stereocenters. The number of nitrogens with one attached hydrogen (secondary N) is 1. The lowest BCUT2D eigenvalue weighted by Gasteiger charge is -2.37. The van der Waals surface area contributed by atoms with Crippen molar-refractivity contribution in [3.05, 3.63) is 53.9 Å². The fourth-order valence-corrected chi connectivity index (χ4v) is 3.02.